The number of amides is 1. The van der Waals surface area contributed by atoms with Crippen LogP contribution >= 0.6 is 0 Å². The summed E-state index contributed by atoms with van der Waals surface area (Å²) < 4.78 is 0. The number of carbonyl (C=O) groups is 1. The molecule has 0 saturated carbocycles. The average molecular weight is 159 g/mol. The van der Waals surface area contributed by atoms with Crippen molar-refractivity contribution in [1.82, 2.24) is 5.32 Å². The molecule has 1 amide bonds. The zero-order valence-corrected chi connectivity index (χ0v) is 7.64. The van der Waals surface area contributed by atoms with E-state index >= 15 is 0 Å². The van der Waals surface area contributed by atoms with Crippen LogP contribution in [0.3, 0.4) is 0 Å². The lowest BCUT2D eigenvalue weighted by Crippen LogP contribution is -2.43. The topological polar surface area (TPSA) is 49.3 Å². The Hall–Kier alpha value is -0.570. The number of hydrogen-bond acceptors (Lipinski definition) is 2. The third kappa shape index (κ3) is 4.79. The van der Waals surface area contributed by atoms with Gasteiger partial charge in [-0.05, 0) is 20.8 Å². The van der Waals surface area contributed by atoms with E-state index in [1.54, 1.807) is 6.92 Å². The molecule has 0 unspecified atom stereocenters. The molecule has 3 heteroatoms. The zero-order valence-electron chi connectivity index (χ0n) is 7.64. The molecule has 3 nitrogen and oxygen atoms in total. The van der Waals surface area contributed by atoms with Crippen molar-refractivity contribution in [1.29, 1.82) is 0 Å². The van der Waals surface area contributed by atoms with E-state index < -0.39 is 0 Å². The fourth-order valence-electron chi connectivity index (χ4n) is 0.576. The van der Waals surface area contributed by atoms with Crippen molar-refractivity contribution in [2.24, 2.45) is 5.92 Å². The maximum Gasteiger partial charge on any atom is 0.225 e. The first-order valence-electron chi connectivity index (χ1n) is 3.79. The predicted octanol–water partition coefficient (Wildman–Crippen LogP) is 0.529. The normalized spacial score (nSPS) is 14.3. The lowest BCUT2D eigenvalue weighted by Gasteiger charge is -2.22. The van der Waals surface area contributed by atoms with E-state index in [-0.39, 0.29) is 24.0 Å². The van der Waals surface area contributed by atoms with Gasteiger partial charge in [-0.2, -0.15) is 0 Å². The molecule has 0 aromatic carbocycles. The molecule has 0 rings (SSSR count). The molecular formula is C8H17NO2. The molecule has 0 spiro atoms. The number of hydrogen-bond donors (Lipinski definition) is 2. The summed E-state index contributed by atoms with van der Waals surface area (Å²) in [6.07, 6.45) is 0. The Kier molecular flexibility index (Phi) is 3.52. The summed E-state index contributed by atoms with van der Waals surface area (Å²) >= 11 is 0. The molecule has 0 heterocycles. The molecule has 0 aliphatic carbocycles. The standard InChI is InChI=1S/C8H17NO2/c1-6(5-10)7(11)9-8(2,3)4/h6,10H,5H2,1-4H3,(H,9,11)/t6-/m0/s1. The van der Waals surface area contributed by atoms with E-state index in [4.69, 9.17) is 5.11 Å². The quantitative estimate of drug-likeness (QED) is 0.617. The van der Waals surface area contributed by atoms with Gasteiger partial charge >= 0.3 is 0 Å². The Morgan fingerprint density at radius 1 is 1.55 bits per heavy atom. The summed E-state index contributed by atoms with van der Waals surface area (Å²) in [7, 11) is 0. The molecule has 66 valence electrons. The van der Waals surface area contributed by atoms with Crippen molar-refractivity contribution in [2.45, 2.75) is 33.2 Å². The van der Waals surface area contributed by atoms with Crippen LogP contribution in [0.25, 0.3) is 0 Å². The van der Waals surface area contributed by atoms with Gasteiger partial charge in [0.2, 0.25) is 5.91 Å². The Morgan fingerprint density at radius 2 is 2.00 bits per heavy atom. The van der Waals surface area contributed by atoms with E-state index in [0.717, 1.165) is 0 Å². The summed E-state index contributed by atoms with van der Waals surface area (Å²) in [5.41, 5.74) is -0.208. The van der Waals surface area contributed by atoms with E-state index in [1.165, 1.54) is 0 Å². The van der Waals surface area contributed by atoms with Gasteiger partial charge in [0.1, 0.15) is 0 Å². The maximum atomic E-state index is 11.1. The SMILES string of the molecule is C[C@@H](CO)C(=O)NC(C)(C)C. The van der Waals surface area contributed by atoms with Gasteiger partial charge in [-0.25, -0.2) is 0 Å². The predicted molar refractivity (Wildman–Crippen MR) is 44.1 cm³/mol. The minimum absolute atomic E-state index is 0.0953. The van der Waals surface area contributed by atoms with Crippen LogP contribution in [0.2, 0.25) is 0 Å². The highest BCUT2D eigenvalue weighted by Crippen LogP contribution is 2.01. The first-order chi connectivity index (χ1) is 4.87. The first-order valence-corrected chi connectivity index (χ1v) is 3.79. The lowest BCUT2D eigenvalue weighted by molar-refractivity contribution is -0.127. The monoisotopic (exact) mass is 159 g/mol. The second kappa shape index (κ2) is 3.72. The molecule has 0 bridgehead atoms. The Balaban J connectivity index is 3.88. The molecule has 11 heavy (non-hydrogen) atoms. The minimum atomic E-state index is -0.311. The van der Waals surface area contributed by atoms with Gasteiger partial charge in [0.15, 0.2) is 0 Å². The van der Waals surface area contributed by atoms with E-state index in [2.05, 4.69) is 5.32 Å². The molecule has 0 radical (unpaired) electrons. The number of carbonyl (C=O) groups excluding carboxylic acids is 1. The third-order valence-corrected chi connectivity index (χ3v) is 1.22. The van der Waals surface area contributed by atoms with Crippen LogP contribution in [0.5, 0.6) is 0 Å². The van der Waals surface area contributed by atoms with Crippen LogP contribution in [0, 0.1) is 5.92 Å². The fourth-order valence-corrected chi connectivity index (χ4v) is 0.576. The highest BCUT2D eigenvalue weighted by molar-refractivity contribution is 5.78. The second-order valence-electron chi connectivity index (χ2n) is 3.82. The molecule has 0 aromatic rings. The molecule has 2 N–H and O–H groups in total. The third-order valence-electron chi connectivity index (χ3n) is 1.22. The highest BCUT2D eigenvalue weighted by Gasteiger charge is 2.17. The maximum absolute atomic E-state index is 11.1. The molecule has 0 aliphatic rings. The van der Waals surface area contributed by atoms with Crippen LogP contribution in [0.1, 0.15) is 27.7 Å². The molecule has 0 fully saturated rings. The smallest absolute Gasteiger partial charge is 0.225 e. The number of aliphatic hydroxyl groups excluding tert-OH is 1. The molecule has 0 saturated heterocycles. The molecule has 1 atom stereocenters. The number of nitrogens with one attached hydrogen (secondary N) is 1. The van der Waals surface area contributed by atoms with Crippen LogP contribution in [-0.4, -0.2) is 23.2 Å². The van der Waals surface area contributed by atoms with Crippen LogP contribution in [0.4, 0.5) is 0 Å². The highest BCUT2D eigenvalue weighted by atomic mass is 16.3. The molecular weight excluding hydrogens is 142 g/mol. The summed E-state index contributed by atoms with van der Waals surface area (Å²) in [6, 6.07) is 0. The number of aliphatic hydroxyl groups is 1. The van der Waals surface area contributed by atoms with Gasteiger partial charge < -0.3 is 10.4 Å². The van der Waals surface area contributed by atoms with Gasteiger partial charge in [-0.1, -0.05) is 6.92 Å². The van der Waals surface area contributed by atoms with Gasteiger partial charge in [-0.3, -0.25) is 4.79 Å². The second-order valence-corrected chi connectivity index (χ2v) is 3.82. The van der Waals surface area contributed by atoms with Crippen LogP contribution < -0.4 is 5.32 Å². The average Bonchev–Trinajstić information content (AvgIpc) is 1.82. The van der Waals surface area contributed by atoms with E-state index in [9.17, 15) is 4.79 Å². The molecule has 0 aromatic heterocycles. The van der Waals surface area contributed by atoms with E-state index in [0.29, 0.717) is 0 Å². The summed E-state index contributed by atoms with van der Waals surface area (Å²) in [5, 5.41) is 11.4. The minimum Gasteiger partial charge on any atom is -0.396 e. The summed E-state index contributed by atoms with van der Waals surface area (Å²) in [6.45, 7) is 7.34. The van der Waals surface area contributed by atoms with E-state index in [1.807, 2.05) is 20.8 Å². The molecule has 0 aliphatic heterocycles. The van der Waals surface area contributed by atoms with Crippen LogP contribution in [0.15, 0.2) is 0 Å². The zero-order chi connectivity index (χ0) is 9.07. The van der Waals surface area contributed by atoms with Crippen molar-refractivity contribution >= 4 is 5.91 Å². The van der Waals surface area contributed by atoms with Gasteiger partial charge in [0.25, 0.3) is 0 Å². The Morgan fingerprint density at radius 3 is 2.27 bits per heavy atom. The van der Waals surface area contributed by atoms with Crippen molar-refractivity contribution < 1.29 is 9.90 Å². The van der Waals surface area contributed by atoms with Crippen molar-refractivity contribution in [3.63, 3.8) is 0 Å². The fraction of sp³-hybridized carbons (Fsp3) is 0.875. The van der Waals surface area contributed by atoms with Crippen LogP contribution in [-0.2, 0) is 4.79 Å². The number of rotatable bonds is 2. The first kappa shape index (κ1) is 10.4. The Bertz CT molecular complexity index is 138. The van der Waals surface area contributed by atoms with Crippen molar-refractivity contribution in [2.75, 3.05) is 6.61 Å². The largest absolute Gasteiger partial charge is 0.396 e. The summed E-state index contributed by atoms with van der Waals surface area (Å²) in [4.78, 5) is 11.1. The van der Waals surface area contributed by atoms with Gasteiger partial charge in [0.05, 0.1) is 12.5 Å². The van der Waals surface area contributed by atoms with Gasteiger partial charge in [-0.15, -0.1) is 0 Å². The van der Waals surface area contributed by atoms with Crippen molar-refractivity contribution in [3.05, 3.63) is 0 Å². The summed E-state index contributed by atoms with van der Waals surface area (Å²) in [5.74, 6) is -0.408. The lowest BCUT2D eigenvalue weighted by atomic mass is 10.1. The Labute approximate surface area is 67.8 Å². The van der Waals surface area contributed by atoms with Gasteiger partial charge in [0, 0.05) is 5.54 Å². The van der Waals surface area contributed by atoms with Crippen molar-refractivity contribution in [3.8, 4) is 0 Å².